The van der Waals surface area contributed by atoms with Gasteiger partial charge in [-0.1, -0.05) is 23.8 Å². The smallest absolute Gasteiger partial charge is 0.225 e. The highest BCUT2D eigenvalue weighted by atomic mass is 15.3. The van der Waals surface area contributed by atoms with Crippen molar-refractivity contribution in [1.82, 2.24) is 24.3 Å². The summed E-state index contributed by atoms with van der Waals surface area (Å²) in [5.74, 6) is 0.806. The first kappa shape index (κ1) is 19.5. The molecule has 0 spiro atoms. The average Bonchev–Trinajstić information content (AvgIpc) is 3.12. The van der Waals surface area contributed by atoms with Crippen LogP contribution in [0.25, 0.3) is 16.9 Å². The minimum atomic E-state index is 0.740. The van der Waals surface area contributed by atoms with Gasteiger partial charge in [-0.05, 0) is 37.6 Å². The first-order valence-electron chi connectivity index (χ1n) is 10.7. The fourth-order valence-electron chi connectivity index (χ4n) is 4.33. The number of imidazole rings is 1. The Bertz CT molecular complexity index is 1210. The minimum absolute atomic E-state index is 0.740. The number of rotatable bonds is 4. The van der Waals surface area contributed by atoms with Crippen LogP contribution in [0.5, 0.6) is 0 Å². The molecule has 7 nitrogen and oxygen atoms in total. The van der Waals surface area contributed by atoms with Gasteiger partial charge in [0.05, 0.1) is 11.4 Å². The third-order valence-corrected chi connectivity index (χ3v) is 5.96. The molecule has 31 heavy (non-hydrogen) atoms. The number of nitrogens with zero attached hydrogens (tertiary/aromatic N) is 6. The van der Waals surface area contributed by atoms with E-state index in [-0.39, 0.29) is 0 Å². The first-order chi connectivity index (χ1) is 15.1. The van der Waals surface area contributed by atoms with E-state index < -0.39 is 0 Å². The Morgan fingerprint density at radius 3 is 2.48 bits per heavy atom. The number of aryl methyl sites for hydroxylation is 2. The van der Waals surface area contributed by atoms with Gasteiger partial charge in [0, 0.05) is 62.6 Å². The molecule has 1 saturated heterocycles. The summed E-state index contributed by atoms with van der Waals surface area (Å²) in [5.41, 5.74) is 13.7. The van der Waals surface area contributed by atoms with Crippen molar-refractivity contribution in [2.75, 3.05) is 36.8 Å². The van der Waals surface area contributed by atoms with Gasteiger partial charge in [-0.2, -0.15) is 0 Å². The summed E-state index contributed by atoms with van der Waals surface area (Å²) in [6.07, 6.45) is 5.58. The maximum Gasteiger partial charge on any atom is 0.225 e. The molecule has 0 bridgehead atoms. The van der Waals surface area contributed by atoms with Crippen LogP contribution < -0.4 is 10.6 Å². The van der Waals surface area contributed by atoms with Crippen LogP contribution in [0.1, 0.15) is 16.8 Å². The lowest BCUT2D eigenvalue weighted by molar-refractivity contribution is 0.245. The molecule has 2 N–H and O–H groups in total. The van der Waals surface area contributed by atoms with Gasteiger partial charge >= 0.3 is 0 Å². The third-order valence-electron chi connectivity index (χ3n) is 5.96. The lowest BCUT2D eigenvalue weighted by Gasteiger charge is -2.34. The van der Waals surface area contributed by atoms with E-state index in [4.69, 9.17) is 10.7 Å². The minimum Gasteiger partial charge on any atom is -0.398 e. The Morgan fingerprint density at radius 1 is 0.968 bits per heavy atom. The zero-order valence-electron chi connectivity index (χ0n) is 18.0. The molecule has 0 saturated carbocycles. The molecule has 4 aromatic rings. The Balaban J connectivity index is 1.46. The van der Waals surface area contributed by atoms with Crippen molar-refractivity contribution >= 4 is 17.3 Å². The van der Waals surface area contributed by atoms with Crippen molar-refractivity contribution in [2.24, 2.45) is 0 Å². The van der Waals surface area contributed by atoms with E-state index in [1.165, 1.54) is 22.4 Å². The van der Waals surface area contributed by atoms with Crippen LogP contribution in [0, 0.1) is 13.8 Å². The summed E-state index contributed by atoms with van der Waals surface area (Å²) in [5, 5.41) is 0. The maximum absolute atomic E-state index is 6.12. The van der Waals surface area contributed by atoms with E-state index in [1.807, 2.05) is 24.4 Å². The number of hydrogen-bond donors (Lipinski definition) is 1. The Hall–Kier alpha value is -3.45. The van der Waals surface area contributed by atoms with E-state index in [2.05, 4.69) is 56.2 Å². The van der Waals surface area contributed by atoms with Gasteiger partial charge < -0.3 is 15.0 Å². The van der Waals surface area contributed by atoms with Gasteiger partial charge in [0.1, 0.15) is 5.65 Å². The van der Waals surface area contributed by atoms with Crippen LogP contribution in [-0.2, 0) is 6.54 Å². The average molecular weight is 414 g/mol. The number of piperazine rings is 1. The molecule has 0 atom stereocenters. The van der Waals surface area contributed by atoms with E-state index in [1.54, 1.807) is 12.4 Å². The van der Waals surface area contributed by atoms with Crippen molar-refractivity contribution in [3.63, 3.8) is 0 Å². The van der Waals surface area contributed by atoms with Crippen molar-refractivity contribution in [1.29, 1.82) is 0 Å². The lowest BCUT2D eigenvalue weighted by atomic mass is 10.0. The van der Waals surface area contributed by atoms with Crippen LogP contribution in [0.3, 0.4) is 0 Å². The second kappa shape index (κ2) is 8.00. The molecule has 1 fully saturated rings. The first-order valence-corrected chi connectivity index (χ1v) is 10.7. The third kappa shape index (κ3) is 3.84. The largest absolute Gasteiger partial charge is 0.398 e. The van der Waals surface area contributed by atoms with Crippen molar-refractivity contribution in [3.8, 4) is 11.3 Å². The van der Waals surface area contributed by atoms with Crippen molar-refractivity contribution < 1.29 is 0 Å². The quantitative estimate of drug-likeness (QED) is 0.553. The van der Waals surface area contributed by atoms with Crippen LogP contribution in [0.4, 0.5) is 11.6 Å². The molecule has 0 aliphatic carbocycles. The summed E-state index contributed by atoms with van der Waals surface area (Å²) >= 11 is 0. The Morgan fingerprint density at radius 2 is 1.74 bits per heavy atom. The molecule has 0 unspecified atom stereocenters. The number of nitrogens with two attached hydrogens (primary N) is 1. The second-order valence-corrected chi connectivity index (χ2v) is 8.23. The molecule has 5 rings (SSSR count). The Kier molecular flexibility index (Phi) is 5.03. The van der Waals surface area contributed by atoms with Gasteiger partial charge in [-0.15, -0.1) is 0 Å². The number of aromatic nitrogens is 4. The predicted molar refractivity (Wildman–Crippen MR) is 124 cm³/mol. The van der Waals surface area contributed by atoms with Gasteiger partial charge in [0.2, 0.25) is 5.95 Å². The van der Waals surface area contributed by atoms with Crippen LogP contribution in [-0.4, -0.2) is 50.4 Å². The molecule has 1 aliphatic rings. The van der Waals surface area contributed by atoms with Gasteiger partial charge in [0.15, 0.2) is 0 Å². The Labute approximate surface area is 182 Å². The molecule has 0 radical (unpaired) electrons. The molecule has 7 heteroatoms. The van der Waals surface area contributed by atoms with Crippen molar-refractivity contribution in [3.05, 3.63) is 71.8 Å². The molecule has 1 aromatic carbocycles. The summed E-state index contributed by atoms with van der Waals surface area (Å²) < 4.78 is 2.15. The van der Waals surface area contributed by atoms with Crippen LogP contribution in [0.15, 0.2) is 55.0 Å². The van der Waals surface area contributed by atoms with E-state index in [9.17, 15) is 0 Å². The topological polar surface area (TPSA) is 75.6 Å². The fraction of sp³-hybridized carbons (Fsp3) is 0.292. The van der Waals surface area contributed by atoms with Crippen LogP contribution in [0.2, 0.25) is 0 Å². The highest BCUT2D eigenvalue weighted by molar-refractivity contribution is 5.70. The number of benzene rings is 1. The highest BCUT2D eigenvalue weighted by Crippen LogP contribution is 2.30. The number of anilines is 2. The number of hydrogen-bond acceptors (Lipinski definition) is 6. The normalized spacial score (nSPS) is 15.0. The zero-order valence-corrected chi connectivity index (χ0v) is 18.0. The van der Waals surface area contributed by atoms with Crippen LogP contribution >= 0.6 is 0 Å². The number of fused-ring (bicyclic) bond motifs is 1. The van der Waals surface area contributed by atoms with E-state index >= 15 is 0 Å². The van der Waals surface area contributed by atoms with Crippen molar-refractivity contribution in [2.45, 2.75) is 20.4 Å². The second-order valence-electron chi connectivity index (χ2n) is 8.23. The summed E-state index contributed by atoms with van der Waals surface area (Å²) in [4.78, 5) is 18.5. The standard InChI is InChI=1S/C24H27N7/c1-17-4-6-20(18(2)14-17)23-21(31-15-19(25)5-7-22(31)28-23)16-29-10-12-30(13-11-29)24-26-8-3-9-27-24/h3-9,14-15H,10-13,16,25H2,1-2H3. The molecular weight excluding hydrogens is 386 g/mol. The van der Waals surface area contributed by atoms with E-state index in [0.29, 0.717) is 0 Å². The summed E-state index contributed by atoms with van der Waals surface area (Å²) in [6, 6.07) is 12.3. The molecule has 0 amide bonds. The monoisotopic (exact) mass is 413 g/mol. The molecule has 4 heterocycles. The van der Waals surface area contributed by atoms with Gasteiger partial charge in [-0.3, -0.25) is 4.90 Å². The van der Waals surface area contributed by atoms with E-state index in [0.717, 1.165) is 55.7 Å². The number of pyridine rings is 1. The molecule has 1 aliphatic heterocycles. The number of nitrogen functional groups attached to an aromatic ring is 1. The molecule has 3 aromatic heterocycles. The fourth-order valence-corrected chi connectivity index (χ4v) is 4.33. The zero-order chi connectivity index (χ0) is 21.4. The SMILES string of the molecule is Cc1ccc(-c2nc3ccc(N)cn3c2CN2CCN(c3ncccn3)CC2)c(C)c1. The van der Waals surface area contributed by atoms with Gasteiger partial charge in [0.25, 0.3) is 0 Å². The summed E-state index contributed by atoms with van der Waals surface area (Å²) in [7, 11) is 0. The molecular formula is C24H27N7. The maximum atomic E-state index is 6.12. The predicted octanol–water partition coefficient (Wildman–Crippen LogP) is 3.31. The van der Waals surface area contributed by atoms with Gasteiger partial charge in [-0.25, -0.2) is 15.0 Å². The summed E-state index contributed by atoms with van der Waals surface area (Å²) in [6.45, 7) is 8.79. The molecule has 158 valence electrons. The lowest BCUT2D eigenvalue weighted by Crippen LogP contribution is -2.46. The highest BCUT2D eigenvalue weighted by Gasteiger charge is 2.23.